The van der Waals surface area contributed by atoms with Gasteiger partial charge in [-0.2, -0.15) is 0 Å². The lowest BCUT2D eigenvalue weighted by Crippen LogP contribution is -2.38. The summed E-state index contributed by atoms with van der Waals surface area (Å²) in [4.78, 5) is 25.5. The van der Waals surface area contributed by atoms with E-state index in [0.29, 0.717) is 13.1 Å². The van der Waals surface area contributed by atoms with Gasteiger partial charge in [0.15, 0.2) is 0 Å². The molecule has 0 aliphatic heterocycles. The van der Waals surface area contributed by atoms with Crippen molar-refractivity contribution in [1.29, 1.82) is 0 Å². The number of rotatable bonds is 6. The number of hydrogen-bond donors (Lipinski definition) is 2. The summed E-state index contributed by atoms with van der Waals surface area (Å²) in [5, 5.41) is 5.56. The van der Waals surface area contributed by atoms with Gasteiger partial charge in [0.1, 0.15) is 0 Å². The fourth-order valence-electron chi connectivity index (χ4n) is 2.10. The zero-order valence-corrected chi connectivity index (χ0v) is 15.6. The highest BCUT2D eigenvalue weighted by Crippen LogP contribution is 2.11. The highest BCUT2D eigenvalue weighted by Gasteiger charge is 2.09. The quantitative estimate of drug-likeness (QED) is 0.681. The normalized spacial score (nSPS) is 10.1. The lowest BCUT2D eigenvalue weighted by atomic mass is 10.2. The van der Waals surface area contributed by atoms with Crippen LogP contribution >= 0.6 is 22.6 Å². The minimum atomic E-state index is -0.194. The van der Waals surface area contributed by atoms with Gasteiger partial charge in [-0.1, -0.05) is 30.3 Å². The monoisotopic (exact) mass is 437 g/mol. The Kier molecular flexibility index (Phi) is 7.05. The van der Waals surface area contributed by atoms with E-state index in [9.17, 15) is 9.59 Å². The van der Waals surface area contributed by atoms with E-state index in [0.717, 1.165) is 14.8 Å². The van der Waals surface area contributed by atoms with Crippen molar-refractivity contribution in [3.05, 3.63) is 63.7 Å². The second-order valence-corrected chi connectivity index (χ2v) is 6.62. The molecule has 3 amide bonds. The standard InChI is InChI=1S/C18H20IN3O2/c1-22(13-14-5-3-2-4-6-14)18(24)20-12-11-17(23)21-16-9-7-15(19)8-10-16/h2-10H,11-13H2,1H3,(H,20,24)(H,21,23). The number of hydrogen-bond acceptors (Lipinski definition) is 2. The largest absolute Gasteiger partial charge is 0.337 e. The van der Waals surface area contributed by atoms with Crippen LogP contribution in [0.2, 0.25) is 0 Å². The van der Waals surface area contributed by atoms with E-state index >= 15 is 0 Å². The van der Waals surface area contributed by atoms with E-state index in [2.05, 4.69) is 33.2 Å². The fourth-order valence-corrected chi connectivity index (χ4v) is 2.46. The molecule has 5 nitrogen and oxygen atoms in total. The van der Waals surface area contributed by atoms with Crippen LogP contribution in [-0.4, -0.2) is 30.4 Å². The molecule has 2 aromatic carbocycles. The van der Waals surface area contributed by atoms with Gasteiger partial charge >= 0.3 is 6.03 Å². The van der Waals surface area contributed by atoms with E-state index < -0.39 is 0 Å². The van der Waals surface area contributed by atoms with Crippen LogP contribution in [0.25, 0.3) is 0 Å². The summed E-state index contributed by atoms with van der Waals surface area (Å²) in [6.45, 7) is 0.829. The molecule has 2 aromatic rings. The number of anilines is 1. The Bertz CT molecular complexity index is 674. The zero-order valence-electron chi connectivity index (χ0n) is 13.5. The Balaban J connectivity index is 1.69. The van der Waals surface area contributed by atoms with E-state index in [1.54, 1.807) is 11.9 Å². The summed E-state index contributed by atoms with van der Waals surface area (Å²) in [6.07, 6.45) is 0.233. The van der Waals surface area contributed by atoms with Crippen LogP contribution in [0.15, 0.2) is 54.6 Å². The summed E-state index contributed by atoms with van der Waals surface area (Å²) in [6, 6.07) is 17.1. The summed E-state index contributed by atoms with van der Waals surface area (Å²) in [7, 11) is 1.73. The number of carbonyl (C=O) groups is 2. The number of urea groups is 1. The van der Waals surface area contributed by atoms with Gasteiger partial charge < -0.3 is 15.5 Å². The molecule has 2 rings (SSSR count). The van der Waals surface area contributed by atoms with Crippen molar-refractivity contribution in [2.24, 2.45) is 0 Å². The molecule has 2 N–H and O–H groups in total. The Morgan fingerprint density at radius 1 is 1.04 bits per heavy atom. The first-order chi connectivity index (χ1) is 11.5. The first kappa shape index (κ1) is 18.3. The summed E-state index contributed by atoms with van der Waals surface area (Å²) < 4.78 is 1.11. The first-order valence-corrected chi connectivity index (χ1v) is 8.71. The van der Waals surface area contributed by atoms with Crippen LogP contribution in [0.3, 0.4) is 0 Å². The SMILES string of the molecule is CN(Cc1ccccc1)C(=O)NCCC(=O)Nc1ccc(I)cc1. The molecule has 0 bridgehead atoms. The first-order valence-electron chi connectivity index (χ1n) is 7.63. The van der Waals surface area contributed by atoms with Gasteiger partial charge in [-0.05, 0) is 52.4 Å². The molecular formula is C18H20IN3O2. The number of benzene rings is 2. The minimum Gasteiger partial charge on any atom is -0.337 e. The third kappa shape index (κ3) is 6.19. The van der Waals surface area contributed by atoms with Crippen molar-refractivity contribution in [2.45, 2.75) is 13.0 Å². The topological polar surface area (TPSA) is 61.4 Å². The minimum absolute atomic E-state index is 0.123. The Morgan fingerprint density at radius 2 is 1.71 bits per heavy atom. The van der Waals surface area contributed by atoms with Gasteiger partial charge in [-0.25, -0.2) is 4.79 Å². The number of nitrogens with zero attached hydrogens (tertiary/aromatic N) is 1. The van der Waals surface area contributed by atoms with Crippen molar-refractivity contribution in [3.8, 4) is 0 Å². The van der Waals surface area contributed by atoms with E-state index in [4.69, 9.17) is 0 Å². The fraction of sp³-hybridized carbons (Fsp3) is 0.222. The molecule has 24 heavy (non-hydrogen) atoms. The Hall–Kier alpha value is -2.09. The van der Waals surface area contributed by atoms with E-state index in [1.165, 1.54) is 0 Å². The number of amides is 3. The Labute approximate surface area is 155 Å². The van der Waals surface area contributed by atoms with E-state index in [1.807, 2.05) is 54.6 Å². The number of nitrogens with one attached hydrogen (secondary N) is 2. The van der Waals surface area contributed by atoms with Crippen LogP contribution in [0.1, 0.15) is 12.0 Å². The molecule has 0 fully saturated rings. The van der Waals surface area contributed by atoms with Crippen molar-refractivity contribution in [1.82, 2.24) is 10.2 Å². The van der Waals surface area contributed by atoms with Gasteiger partial charge in [0, 0.05) is 35.8 Å². The predicted molar refractivity (Wildman–Crippen MR) is 104 cm³/mol. The lowest BCUT2D eigenvalue weighted by molar-refractivity contribution is -0.116. The Morgan fingerprint density at radius 3 is 2.38 bits per heavy atom. The number of halogens is 1. The molecule has 0 spiro atoms. The van der Waals surface area contributed by atoms with Crippen molar-refractivity contribution in [2.75, 3.05) is 18.9 Å². The summed E-state index contributed by atoms with van der Waals surface area (Å²) in [5.74, 6) is -0.123. The molecule has 0 aromatic heterocycles. The van der Waals surface area contributed by atoms with Crippen LogP contribution in [-0.2, 0) is 11.3 Å². The van der Waals surface area contributed by atoms with Crippen molar-refractivity contribution in [3.63, 3.8) is 0 Å². The molecule has 126 valence electrons. The third-order valence-electron chi connectivity index (χ3n) is 3.37. The third-order valence-corrected chi connectivity index (χ3v) is 4.08. The molecule has 0 saturated heterocycles. The molecule has 0 atom stereocenters. The smallest absolute Gasteiger partial charge is 0.317 e. The average Bonchev–Trinajstić information content (AvgIpc) is 2.57. The van der Waals surface area contributed by atoms with Crippen molar-refractivity contribution >= 4 is 40.2 Å². The maximum Gasteiger partial charge on any atom is 0.317 e. The number of carbonyl (C=O) groups excluding carboxylic acids is 2. The van der Waals surface area contributed by atoms with Gasteiger partial charge in [0.2, 0.25) is 5.91 Å². The molecule has 0 heterocycles. The van der Waals surface area contributed by atoms with Crippen LogP contribution < -0.4 is 10.6 Å². The highest BCUT2D eigenvalue weighted by molar-refractivity contribution is 14.1. The average molecular weight is 437 g/mol. The molecular weight excluding hydrogens is 417 g/mol. The summed E-state index contributed by atoms with van der Waals surface area (Å²) in [5.41, 5.74) is 1.82. The second-order valence-electron chi connectivity index (χ2n) is 5.38. The molecule has 0 saturated carbocycles. The highest BCUT2D eigenvalue weighted by atomic mass is 127. The van der Waals surface area contributed by atoms with Crippen LogP contribution in [0, 0.1) is 3.57 Å². The van der Waals surface area contributed by atoms with Gasteiger partial charge in [0.05, 0.1) is 0 Å². The molecule has 6 heteroatoms. The molecule has 0 aliphatic rings. The van der Waals surface area contributed by atoms with Gasteiger partial charge in [-0.3, -0.25) is 4.79 Å². The van der Waals surface area contributed by atoms with Crippen molar-refractivity contribution < 1.29 is 9.59 Å². The lowest BCUT2D eigenvalue weighted by Gasteiger charge is -2.18. The molecule has 0 unspecified atom stereocenters. The second kappa shape index (κ2) is 9.27. The zero-order chi connectivity index (χ0) is 17.4. The van der Waals surface area contributed by atoms with Gasteiger partial charge in [0.25, 0.3) is 0 Å². The van der Waals surface area contributed by atoms with E-state index in [-0.39, 0.29) is 18.4 Å². The maximum atomic E-state index is 12.0. The molecule has 0 aliphatic carbocycles. The molecule has 0 radical (unpaired) electrons. The maximum absolute atomic E-state index is 12.0. The predicted octanol–water partition coefficient (Wildman–Crippen LogP) is 3.46. The van der Waals surface area contributed by atoms with Crippen LogP contribution in [0.5, 0.6) is 0 Å². The van der Waals surface area contributed by atoms with Crippen LogP contribution in [0.4, 0.5) is 10.5 Å². The van der Waals surface area contributed by atoms with Gasteiger partial charge in [-0.15, -0.1) is 0 Å². The summed E-state index contributed by atoms with van der Waals surface area (Å²) >= 11 is 2.21.